The Balaban J connectivity index is 2.09. The van der Waals surface area contributed by atoms with Crippen LogP contribution in [0.15, 0.2) is 24.3 Å². The van der Waals surface area contributed by atoms with E-state index in [9.17, 15) is 4.79 Å². The van der Waals surface area contributed by atoms with Crippen molar-refractivity contribution in [2.45, 2.75) is 32.9 Å². The predicted molar refractivity (Wildman–Crippen MR) is 92.1 cm³/mol. The zero-order valence-corrected chi connectivity index (χ0v) is 14.4. The predicted octanol–water partition coefficient (Wildman–Crippen LogP) is 1.47. The highest BCUT2D eigenvalue weighted by Crippen LogP contribution is 2.22. The number of ether oxygens (including phenoxy) is 1. The summed E-state index contributed by atoms with van der Waals surface area (Å²) in [6.45, 7) is 9.68. The molecule has 0 radical (unpaired) electrons. The van der Waals surface area contributed by atoms with Gasteiger partial charge in [-0.15, -0.1) is 0 Å². The number of nitrogens with two attached hydrogens (primary N) is 1. The van der Waals surface area contributed by atoms with Crippen LogP contribution in [0.3, 0.4) is 0 Å². The zero-order valence-electron chi connectivity index (χ0n) is 14.4. The summed E-state index contributed by atoms with van der Waals surface area (Å²) in [4.78, 5) is 14.6. The second-order valence-electron chi connectivity index (χ2n) is 6.47. The quantitative estimate of drug-likeness (QED) is 0.833. The highest BCUT2D eigenvalue weighted by molar-refractivity contribution is 5.78. The van der Waals surface area contributed by atoms with E-state index < -0.39 is 0 Å². The molecule has 1 amide bonds. The number of morpholine rings is 1. The molecule has 128 valence electrons. The van der Waals surface area contributed by atoms with Gasteiger partial charge in [0.2, 0.25) is 5.91 Å². The number of nitrogens with one attached hydrogen (secondary N) is 1. The lowest BCUT2D eigenvalue weighted by Crippen LogP contribution is -2.46. The fraction of sp³-hybridized carbons (Fsp3) is 0.611. The van der Waals surface area contributed by atoms with Gasteiger partial charge in [0.25, 0.3) is 0 Å². The van der Waals surface area contributed by atoms with Crippen molar-refractivity contribution < 1.29 is 9.53 Å². The summed E-state index contributed by atoms with van der Waals surface area (Å²) in [7, 11) is 0. The van der Waals surface area contributed by atoms with Crippen molar-refractivity contribution in [3.63, 3.8) is 0 Å². The molecule has 2 rings (SSSR count). The number of hydrogen-bond donors (Lipinski definition) is 2. The minimum atomic E-state index is -0.183. The Kier molecular flexibility index (Phi) is 6.57. The summed E-state index contributed by atoms with van der Waals surface area (Å²) < 4.78 is 5.46. The Labute approximate surface area is 139 Å². The fourth-order valence-electron chi connectivity index (χ4n) is 2.82. The Morgan fingerprint density at radius 2 is 2.04 bits per heavy atom. The smallest absolute Gasteiger partial charge is 0.224 e. The fourth-order valence-corrected chi connectivity index (χ4v) is 2.82. The molecule has 1 fully saturated rings. The number of carbonyl (C=O) groups excluding carboxylic acids is 1. The third-order valence-corrected chi connectivity index (χ3v) is 4.59. The number of aryl methyl sites for hydroxylation is 1. The Morgan fingerprint density at radius 1 is 1.35 bits per heavy atom. The summed E-state index contributed by atoms with van der Waals surface area (Å²) in [6, 6.07) is 8.52. The van der Waals surface area contributed by atoms with Gasteiger partial charge in [0.1, 0.15) is 0 Å². The van der Waals surface area contributed by atoms with E-state index in [1.54, 1.807) is 0 Å². The van der Waals surface area contributed by atoms with Crippen molar-refractivity contribution in [1.82, 2.24) is 10.2 Å². The van der Waals surface area contributed by atoms with Crippen molar-refractivity contribution in [3.8, 4) is 0 Å². The number of carbonyl (C=O) groups is 1. The van der Waals surface area contributed by atoms with Gasteiger partial charge in [0, 0.05) is 31.6 Å². The maximum absolute atomic E-state index is 12.2. The molecule has 1 aromatic rings. The molecule has 1 saturated heterocycles. The van der Waals surface area contributed by atoms with Gasteiger partial charge in [-0.1, -0.05) is 36.8 Å². The maximum atomic E-state index is 12.2. The third kappa shape index (κ3) is 5.03. The largest absolute Gasteiger partial charge is 0.379 e. The van der Waals surface area contributed by atoms with Gasteiger partial charge in [-0.3, -0.25) is 9.69 Å². The number of nitrogens with zero attached hydrogens (tertiary/aromatic N) is 1. The number of hydrogen-bond acceptors (Lipinski definition) is 4. The number of amides is 1. The zero-order chi connectivity index (χ0) is 16.8. The van der Waals surface area contributed by atoms with Crippen LogP contribution in [0.5, 0.6) is 0 Å². The monoisotopic (exact) mass is 319 g/mol. The van der Waals surface area contributed by atoms with E-state index >= 15 is 0 Å². The van der Waals surface area contributed by atoms with E-state index in [0.717, 1.165) is 26.3 Å². The first-order valence-electron chi connectivity index (χ1n) is 8.40. The third-order valence-electron chi connectivity index (χ3n) is 4.59. The topological polar surface area (TPSA) is 67.6 Å². The standard InChI is InChI=1S/C18H29N3O2/c1-13-5-4-6-16(11-13)17(21-7-9-23-10-8-21)12-20-18(22)14(2)15(3)19/h4-6,11,14-15,17H,7-10,12,19H2,1-3H3,(H,20,22). The van der Waals surface area contributed by atoms with Gasteiger partial charge in [0.15, 0.2) is 0 Å². The van der Waals surface area contributed by atoms with Gasteiger partial charge in [-0.25, -0.2) is 0 Å². The molecule has 5 nitrogen and oxygen atoms in total. The molecule has 1 aliphatic heterocycles. The summed E-state index contributed by atoms with van der Waals surface area (Å²) >= 11 is 0. The molecule has 3 unspecified atom stereocenters. The first-order valence-corrected chi connectivity index (χ1v) is 8.40. The molecular weight excluding hydrogens is 290 g/mol. The van der Waals surface area contributed by atoms with E-state index in [2.05, 4.69) is 41.4 Å². The van der Waals surface area contributed by atoms with Gasteiger partial charge in [-0.2, -0.15) is 0 Å². The maximum Gasteiger partial charge on any atom is 0.224 e. The van der Waals surface area contributed by atoms with Crippen LogP contribution >= 0.6 is 0 Å². The highest BCUT2D eigenvalue weighted by Gasteiger charge is 2.24. The van der Waals surface area contributed by atoms with Crippen LogP contribution < -0.4 is 11.1 Å². The minimum Gasteiger partial charge on any atom is -0.379 e. The lowest BCUT2D eigenvalue weighted by molar-refractivity contribution is -0.125. The molecule has 0 aromatic heterocycles. The first kappa shape index (κ1) is 17.9. The molecule has 1 aromatic carbocycles. The summed E-state index contributed by atoms with van der Waals surface area (Å²) in [5.74, 6) is -0.163. The van der Waals surface area contributed by atoms with Crippen molar-refractivity contribution in [2.24, 2.45) is 11.7 Å². The average molecular weight is 319 g/mol. The molecule has 0 aliphatic carbocycles. The SMILES string of the molecule is Cc1cccc(C(CNC(=O)C(C)C(C)N)N2CCOCC2)c1. The molecule has 3 N–H and O–H groups in total. The van der Waals surface area contributed by atoms with Crippen molar-refractivity contribution in [2.75, 3.05) is 32.8 Å². The Hall–Kier alpha value is -1.43. The van der Waals surface area contributed by atoms with Crippen molar-refractivity contribution in [3.05, 3.63) is 35.4 Å². The lowest BCUT2D eigenvalue weighted by Gasteiger charge is -2.35. The average Bonchev–Trinajstić information content (AvgIpc) is 2.55. The number of rotatable bonds is 6. The van der Waals surface area contributed by atoms with Gasteiger partial charge < -0.3 is 15.8 Å². The van der Waals surface area contributed by atoms with Crippen molar-refractivity contribution >= 4 is 5.91 Å². The Morgan fingerprint density at radius 3 is 2.65 bits per heavy atom. The van der Waals surface area contributed by atoms with Crippen LogP contribution in [-0.4, -0.2) is 49.7 Å². The van der Waals surface area contributed by atoms with Crippen LogP contribution in [0.25, 0.3) is 0 Å². The molecule has 23 heavy (non-hydrogen) atoms. The molecular formula is C18H29N3O2. The van der Waals surface area contributed by atoms with Crippen LogP contribution in [0, 0.1) is 12.8 Å². The normalized spacial score (nSPS) is 19.8. The molecule has 0 saturated carbocycles. The van der Waals surface area contributed by atoms with Gasteiger partial charge in [-0.05, 0) is 19.4 Å². The van der Waals surface area contributed by atoms with Gasteiger partial charge >= 0.3 is 0 Å². The molecule has 5 heteroatoms. The molecule has 0 spiro atoms. The second kappa shape index (κ2) is 8.43. The Bertz CT molecular complexity index is 513. The summed E-state index contributed by atoms with van der Waals surface area (Å²) in [5.41, 5.74) is 8.30. The van der Waals surface area contributed by atoms with Crippen LogP contribution in [0.1, 0.15) is 31.0 Å². The van der Waals surface area contributed by atoms with Gasteiger partial charge in [0.05, 0.1) is 19.3 Å². The van der Waals surface area contributed by atoms with E-state index in [-0.39, 0.29) is 23.9 Å². The number of benzene rings is 1. The molecule has 0 bridgehead atoms. The second-order valence-corrected chi connectivity index (χ2v) is 6.47. The summed E-state index contributed by atoms with van der Waals surface area (Å²) in [6.07, 6.45) is 0. The molecule has 1 aliphatic rings. The van der Waals surface area contributed by atoms with E-state index in [1.165, 1.54) is 11.1 Å². The molecule has 1 heterocycles. The van der Waals surface area contributed by atoms with E-state index in [1.807, 2.05) is 13.8 Å². The highest BCUT2D eigenvalue weighted by atomic mass is 16.5. The molecule has 3 atom stereocenters. The van der Waals surface area contributed by atoms with Crippen LogP contribution in [0.4, 0.5) is 0 Å². The van der Waals surface area contributed by atoms with Crippen molar-refractivity contribution in [1.29, 1.82) is 0 Å². The lowest BCUT2D eigenvalue weighted by atomic mass is 10.0. The first-order chi connectivity index (χ1) is 11.0. The van der Waals surface area contributed by atoms with E-state index in [4.69, 9.17) is 10.5 Å². The van der Waals surface area contributed by atoms with E-state index in [0.29, 0.717) is 6.54 Å². The minimum absolute atomic E-state index is 0.0194. The van der Waals surface area contributed by atoms with Crippen LogP contribution in [0.2, 0.25) is 0 Å². The van der Waals surface area contributed by atoms with Crippen LogP contribution in [-0.2, 0) is 9.53 Å². The summed E-state index contributed by atoms with van der Waals surface area (Å²) in [5, 5.41) is 3.08.